The Bertz CT molecular complexity index is 537. The van der Waals surface area contributed by atoms with Gasteiger partial charge in [-0.05, 0) is 44.5 Å². The summed E-state index contributed by atoms with van der Waals surface area (Å²) < 4.78 is 16.1. The van der Waals surface area contributed by atoms with Crippen molar-refractivity contribution in [1.82, 2.24) is 10.2 Å². The van der Waals surface area contributed by atoms with Crippen LogP contribution in [-0.2, 0) is 4.74 Å². The van der Waals surface area contributed by atoms with Crippen LogP contribution in [-0.4, -0.2) is 36.6 Å². The first-order valence-corrected chi connectivity index (χ1v) is 7.02. The van der Waals surface area contributed by atoms with Crippen LogP contribution in [0.25, 0.3) is 11.5 Å². The molecule has 0 saturated heterocycles. The summed E-state index contributed by atoms with van der Waals surface area (Å²) in [7, 11) is 1.63. The number of hydrogen-bond donors (Lipinski definition) is 1. The standard InChI is InChI=1S/C15H21N3O3/c1-11(2)20-10-4-9-16-15-18-17-14(21-15)12-5-7-13(19-3)8-6-12/h5-8,11H,4,9-10H2,1-3H3,(H,16,18). The molecule has 6 heteroatoms. The lowest BCUT2D eigenvalue weighted by atomic mass is 10.2. The Morgan fingerprint density at radius 3 is 2.62 bits per heavy atom. The maximum absolute atomic E-state index is 5.56. The summed E-state index contributed by atoms with van der Waals surface area (Å²) >= 11 is 0. The van der Waals surface area contributed by atoms with Crippen molar-refractivity contribution < 1.29 is 13.9 Å². The van der Waals surface area contributed by atoms with Crippen molar-refractivity contribution in [2.75, 3.05) is 25.6 Å². The van der Waals surface area contributed by atoms with Gasteiger partial charge in [-0.15, -0.1) is 5.10 Å². The third kappa shape index (κ3) is 4.75. The number of methoxy groups -OCH3 is 1. The minimum Gasteiger partial charge on any atom is -0.497 e. The molecular weight excluding hydrogens is 270 g/mol. The van der Waals surface area contributed by atoms with Crippen LogP contribution in [0, 0.1) is 0 Å². The quantitative estimate of drug-likeness (QED) is 0.754. The predicted molar refractivity (Wildman–Crippen MR) is 80.5 cm³/mol. The van der Waals surface area contributed by atoms with Crippen LogP contribution < -0.4 is 10.1 Å². The van der Waals surface area contributed by atoms with Gasteiger partial charge in [0, 0.05) is 18.7 Å². The van der Waals surface area contributed by atoms with Crippen molar-refractivity contribution in [3.05, 3.63) is 24.3 Å². The molecule has 6 nitrogen and oxygen atoms in total. The first kappa shape index (κ1) is 15.3. The Morgan fingerprint density at radius 2 is 1.95 bits per heavy atom. The zero-order valence-electron chi connectivity index (χ0n) is 12.6. The Labute approximate surface area is 124 Å². The lowest BCUT2D eigenvalue weighted by Crippen LogP contribution is -2.09. The molecule has 2 aromatic rings. The molecule has 0 amide bonds. The molecule has 0 atom stereocenters. The third-order valence-electron chi connectivity index (χ3n) is 2.81. The molecule has 0 aliphatic rings. The molecule has 0 aliphatic heterocycles. The maximum atomic E-state index is 5.56. The van der Waals surface area contributed by atoms with Gasteiger partial charge in [0.1, 0.15) is 5.75 Å². The molecular formula is C15H21N3O3. The molecule has 0 bridgehead atoms. The van der Waals surface area contributed by atoms with Crippen molar-refractivity contribution in [3.63, 3.8) is 0 Å². The van der Waals surface area contributed by atoms with E-state index in [0.717, 1.165) is 24.3 Å². The smallest absolute Gasteiger partial charge is 0.315 e. The Morgan fingerprint density at radius 1 is 1.19 bits per heavy atom. The normalized spacial score (nSPS) is 10.9. The SMILES string of the molecule is COc1ccc(-c2nnc(NCCCOC(C)C)o2)cc1. The fourth-order valence-electron chi connectivity index (χ4n) is 1.73. The number of ether oxygens (including phenoxy) is 2. The Balaban J connectivity index is 1.83. The average molecular weight is 291 g/mol. The fraction of sp³-hybridized carbons (Fsp3) is 0.467. The highest BCUT2D eigenvalue weighted by Gasteiger charge is 2.08. The van der Waals surface area contributed by atoms with Gasteiger partial charge in [-0.3, -0.25) is 0 Å². The molecule has 0 unspecified atom stereocenters. The van der Waals surface area contributed by atoms with E-state index in [2.05, 4.69) is 15.5 Å². The van der Waals surface area contributed by atoms with Crippen molar-refractivity contribution in [3.8, 4) is 17.2 Å². The second-order valence-corrected chi connectivity index (χ2v) is 4.84. The minimum atomic E-state index is 0.259. The number of benzene rings is 1. The maximum Gasteiger partial charge on any atom is 0.315 e. The van der Waals surface area contributed by atoms with E-state index in [0.29, 0.717) is 18.5 Å². The van der Waals surface area contributed by atoms with Crippen molar-refractivity contribution in [1.29, 1.82) is 0 Å². The monoisotopic (exact) mass is 291 g/mol. The molecule has 0 fully saturated rings. The predicted octanol–water partition coefficient (Wildman–Crippen LogP) is 2.97. The molecule has 0 saturated carbocycles. The Kier molecular flexibility index (Phi) is 5.57. The van der Waals surface area contributed by atoms with Crippen molar-refractivity contribution in [2.45, 2.75) is 26.4 Å². The second-order valence-electron chi connectivity index (χ2n) is 4.84. The highest BCUT2D eigenvalue weighted by atomic mass is 16.5. The van der Waals surface area contributed by atoms with Gasteiger partial charge in [0.05, 0.1) is 13.2 Å². The number of nitrogens with one attached hydrogen (secondary N) is 1. The fourth-order valence-corrected chi connectivity index (χ4v) is 1.73. The van der Waals surface area contributed by atoms with Crippen LogP contribution >= 0.6 is 0 Å². The molecule has 1 aromatic carbocycles. The van der Waals surface area contributed by atoms with Crippen molar-refractivity contribution in [2.24, 2.45) is 0 Å². The van der Waals surface area contributed by atoms with Gasteiger partial charge >= 0.3 is 6.01 Å². The highest BCUT2D eigenvalue weighted by molar-refractivity contribution is 5.54. The summed E-state index contributed by atoms with van der Waals surface area (Å²) in [6.07, 6.45) is 1.15. The number of aromatic nitrogens is 2. The zero-order chi connectivity index (χ0) is 15.1. The highest BCUT2D eigenvalue weighted by Crippen LogP contribution is 2.22. The summed E-state index contributed by atoms with van der Waals surface area (Å²) in [5.74, 6) is 1.28. The van der Waals surface area contributed by atoms with E-state index >= 15 is 0 Å². The summed E-state index contributed by atoms with van der Waals surface area (Å²) in [5, 5.41) is 11.1. The van der Waals surface area contributed by atoms with E-state index < -0.39 is 0 Å². The van der Waals surface area contributed by atoms with E-state index in [1.54, 1.807) is 7.11 Å². The summed E-state index contributed by atoms with van der Waals surface area (Å²) in [5.41, 5.74) is 0.861. The van der Waals surface area contributed by atoms with E-state index in [-0.39, 0.29) is 6.10 Å². The number of nitrogens with zero attached hydrogens (tertiary/aromatic N) is 2. The summed E-state index contributed by atoms with van der Waals surface area (Å²) in [6, 6.07) is 7.90. The number of anilines is 1. The molecule has 0 radical (unpaired) electrons. The van der Waals surface area contributed by atoms with Gasteiger partial charge < -0.3 is 19.2 Å². The van der Waals surface area contributed by atoms with E-state index in [4.69, 9.17) is 13.9 Å². The van der Waals surface area contributed by atoms with Gasteiger partial charge in [-0.2, -0.15) is 0 Å². The lowest BCUT2D eigenvalue weighted by Gasteiger charge is -2.06. The molecule has 1 N–H and O–H groups in total. The topological polar surface area (TPSA) is 69.4 Å². The minimum absolute atomic E-state index is 0.259. The molecule has 1 aromatic heterocycles. The number of rotatable bonds is 8. The van der Waals surface area contributed by atoms with Gasteiger partial charge in [-0.25, -0.2) is 0 Å². The molecule has 0 aliphatic carbocycles. The van der Waals surface area contributed by atoms with Crippen LogP contribution in [0.15, 0.2) is 28.7 Å². The van der Waals surface area contributed by atoms with Crippen LogP contribution in [0.5, 0.6) is 5.75 Å². The van der Waals surface area contributed by atoms with Gasteiger partial charge in [0.15, 0.2) is 0 Å². The van der Waals surface area contributed by atoms with E-state index in [9.17, 15) is 0 Å². The van der Waals surface area contributed by atoms with Crippen LogP contribution in [0.4, 0.5) is 6.01 Å². The third-order valence-corrected chi connectivity index (χ3v) is 2.81. The van der Waals surface area contributed by atoms with Crippen LogP contribution in [0.3, 0.4) is 0 Å². The van der Waals surface area contributed by atoms with E-state index in [1.807, 2.05) is 38.1 Å². The van der Waals surface area contributed by atoms with E-state index in [1.165, 1.54) is 0 Å². The molecule has 0 spiro atoms. The largest absolute Gasteiger partial charge is 0.497 e. The summed E-state index contributed by atoms with van der Waals surface area (Å²) in [6.45, 7) is 5.49. The van der Waals surface area contributed by atoms with Crippen LogP contribution in [0.2, 0.25) is 0 Å². The van der Waals surface area contributed by atoms with Crippen molar-refractivity contribution >= 4 is 6.01 Å². The summed E-state index contributed by atoms with van der Waals surface area (Å²) in [4.78, 5) is 0. The first-order chi connectivity index (χ1) is 10.2. The molecule has 2 rings (SSSR count). The molecule has 1 heterocycles. The average Bonchev–Trinajstić information content (AvgIpc) is 2.95. The van der Waals surface area contributed by atoms with Gasteiger partial charge in [0.25, 0.3) is 0 Å². The van der Waals surface area contributed by atoms with Gasteiger partial charge in [0.2, 0.25) is 5.89 Å². The molecule has 21 heavy (non-hydrogen) atoms. The Hall–Kier alpha value is -2.08. The molecule has 114 valence electrons. The number of hydrogen-bond acceptors (Lipinski definition) is 6. The lowest BCUT2D eigenvalue weighted by molar-refractivity contribution is 0.0786. The van der Waals surface area contributed by atoms with Gasteiger partial charge in [-0.1, -0.05) is 5.10 Å². The van der Waals surface area contributed by atoms with Crippen LogP contribution in [0.1, 0.15) is 20.3 Å². The first-order valence-electron chi connectivity index (χ1n) is 7.02. The second kappa shape index (κ2) is 7.64. The zero-order valence-corrected chi connectivity index (χ0v) is 12.6.